The summed E-state index contributed by atoms with van der Waals surface area (Å²) in [4.78, 5) is 25.3. The third kappa shape index (κ3) is 3.30. The Morgan fingerprint density at radius 2 is 1.30 bits per heavy atom. The van der Waals surface area contributed by atoms with Crippen LogP contribution in [-0.2, 0) is 9.59 Å². The Morgan fingerprint density at radius 1 is 0.850 bits per heavy atom. The summed E-state index contributed by atoms with van der Waals surface area (Å²) >= 11 is 0. The molecule has 4 nitrogen and oxygen atoms in total. The van der Waals surface area contributed by atoms with Crippen LogP contribution in [0.1, 0.15) is 6.42 Å². The summed E-state index contributed by atoms with van der Waals surface area (Å²) in [6.07, 6.45) is -0.194. The number of hydrogen-bond donors (Lipinski definition) is 1. The lowest BCUT2D eigenvalue weighted by Crippen LogP contribution is -2.29. The highest BCUT2D eigenvalue weighted by Crippen LogP contribution is 2.25. The van der Waals surface area contributed by atoms with Gasteiger partial charge in [0.25, 0.3) is 0 Å². The van der Waals surface area contributed by atoms with Gasteiger partial charge in [0.2, 0.25) is 5.91 Å². The Hall–Kier alpha value is -2.46. The van der Waals surface area contributed by atoms with Gasteiger partial charge in [0, 0.05) is 11.4 Å². The number of nitrogens with zero attached hydrogens (tertiary/aromatic N) is 1. The van der Waals surface area contributed by atoms with Gasteiger partial charge in [0.15, 0.2) is 5.78 Å². The maximum atomic E-state index is 12.4. The summed E-state index contributed by atoms with van der Waals surface area (Å²) in [5, 5.41) is 0. The maximum absolute atomic E-state index is 12.4. The van der Waals surface area contributed by atoms with E-state index in [9.17, 15) is 9.59 Å². The van der Waals surface area contributed by atoms with Gasteiger partial charge in [-0.05, 0) is 24.3 Å². The number of Topliss-reactive ketones (excluding diaryl/α,β-unsaturated/α-hetero) is 1. The SMILES string of the molecule is NCC(=O)CC(=O)N(c1ccccc1)c1ccccc1. The van der Waals surface area contributed by atoms with Gasteiger partial charge < -0.3 is 5.73 Å². The van der Waals surface area contributed by atoms with Crippen LogP contribution >= 0.6 is 0 Å². The molecule has 1 amide bonds. The molecule has 0 radical (unpaired) electrons. The van der Waals surface area contributed by atoms with Gasteiger partial charge in [0.1, 0.15) is 0 Å². The predicted molar refractivity (Wildman–Crippen MR) is 78.7 cm³/mol. The third-order valence-electron chi connectivity index (χ3n) is 2.85. The van der Waals surface area contributed by atoms with Crippen LogP contribution in [0.5, 0.6) is 0 Å². The van der Waals surface area contributed by atoms with Crippen molar-refractivity contribution in [2.24, 2.45) is 5.73 Å². The number of nitrogens with two attached hydrogens (primary N) is 1. The Balaban J connectivity index is 2.35. The first-order valence-electron chi connectivity index (χ1n) is 6.37. The minimum atomic E-state index is -0.280. The van der Waals surface area contributed by atoms with Crippen molar-refractivity contribution in [3.05, 3.63) is 60.7 Å². The predicted octanol–water partition coefficient (Wildman–Crippen LogP) is 2.27. The zero-order valence-corrected chi connectivity index (χ0v) is 11.0. The second-order valence-corrected chi connectivity index (χ2v) is 4.32. The molecular weight excluding hydrogens is 252 g/mol. The molecule has 0 aromatic heterocycles. The standard InChI is InChI=1S/C16H16N2O2/c17-12-15(19)11-16(20)18(13-7-3-1-4-8-13)14-9-5-2-6-10-14/h1-10H,11-12,17H2. The van der Waals surface area contributed by atoms with E-state index in [1.54, 1.807) is 0 Å². The van der Waals surface area contributed by atoms with Crippen molar-refractivity contribution in [2.75, 3.05) is 11.4 Å². The Morgan fingerprint density at radius 3 is 1.70 bits per heavy atom. The van der Waals surface area contributed by atoms with Crippen molar-refractivity contribution >= 4 is 23.1 Å². The van der Waals surface area contributed by atoms with Crippen molar-refractivity contribution in [3.8, 4) is 0 Å². The van der Waals surface area contributed by atoms with Crippen molar-refractivity contribution in [1.29, 1.82) is 0 Å². The quantitative estimate of drug-likeness (QED) is 0.846. The average molecular weight is 268 g/mol. The van der Waals surface area contributed by atoms with E-state index in [1.807, 2.05) is 60.7 Å². The molecule has 2 aromatic rings. The Labute approximate surface area is 117 Å². The van der Waals surface area contributed by atoms with Gasteiger partial charge in [0.05, 0.1) is 13.0 Å². The number of amides is 1. The van der Waals surface area contributed by atoms with Crippen LogP contribution in [0.15, 0.2) is 60.7 Å². The number of carbonyl (C=O) groups excluding carboxylic acids is 2. The number of carbonyl (C=O) groups is 2. The highest BCUT2D eigenvalue weighted by atomic mass is 16.2. The van der Waals surface area contributed by atoms with Crippen LogP contribution in [0, 0.1) is 0 Å². The summed E-state index contributed by atoms with van der Waals surface area (Å²) in [7, 11) is 0. The van der Waals surface area contributed by atoms with Gasteiger partial charge >= 0.3 is 0 Å². The van der Waals surface area contributed by atoms with Crippen molar-refractivity contribution in [3.63, 3.8) is 0 Å². The molecule has 4 heteroatoms. The van der Waals surface area contributed by atoms with Crippen molar-refractivity contribution in [1.82, 2.24) is 0 Å². The van der Waals surface area contributed by atoms with Crippen LogP contribution in [0.4, 0.5) is 11.4 Å². The van der Waals surface area contributed by atoms with Crippen LogP contribution in [0.2, 0.25) is 0 Å². The monoisotopic (exact) mass is 268 g/mol. The van der Waals surface area contributed by atoms with Crippen LogP contribution in [-0.4, -0.2) is 18.2 Å². The van der Waals surface area contributed by atoms with E-state index in [-0.39, 0.29) is 24.7 Å². The van der Waals surface area contributed by atoms with Crippen LogP contribution in [0.3, 0.4) is 0 Å². The number of hydrogen-bond acceptors (Lipinski definition) is 3. The number of para-hydroxylation sites is 2. The summed E-state index contributed by atoms with van der Waals surface area (Å²) in [6.45, 7) is -0.122. The molecule has 0 saturated heterocycles. The van der Waals surface area contributed by atoms with E-state index in [0.717, 1.165) is 11.4 Å². The first-order chi connectivity index (χ1) is 9.72. The first-order valence-corrected chi connectivity index (χ1v) is 6.37. The van der Waals surface area contributed by atoms with Gasteiger partial charge in [-0.15, -0.1) is 0 Å². The van der Waals surface area contributed by atoms with E-state index >= 15 is 0 Å². The molecule has 0 aliphatic rings. The van der Waals surface area contributed by atoms with E-state index in [1.165, 1.54) is 4.90 Å². The number of rotatable bonds is 5. The van der Waals surface area contributed by atoms with Crippen LogP contribution in [0.25, 0.3) is 0 Å². The highest BCUT2D eigenvalue weighted by Gasteiger charge is 2.19. The van der Waals surface area contributed by atoms with Gasteiger partial charge in [-0.3, -0.25) is 14.5 Å². The molecule has 0 fully saturated rings. The van der Waals surface area contributed by atoms with E-state index in [0.29, 0.717) is 0 Å². The smallest absolute Gasteiger partial charge is 0.239 e. The molecule has 0 saturated carbocycles. The fourth-order valence-corrected chi connectivity index (χ4v) is 1.91. The number of benzene rings is 2. The molecule has 102 valence electrons. The number of anilines is 2. The summed E-state index contributed by atoms with van der Waals surface area (Å²) in [5.74, 6) is -0.551. The number of ketones is 1. The molecule has 2 rings (SSSR count). The second kappa shape index (κ2) is 6.63. The first kappa shape index (κ1) is 14.0. The fraction of sp³-hybridized carbons (Fsp3) is 0.125. The molecule has 2 aromatic carbocycles. The maximum Gasteiger partial charge on any atom is 0.239 e. The van der Waals surface area contributed by atoms with Gasteiger partial charge in [-0.25, -0.2) is 0 Å². The molecular formula is C16H16N2O2. The van der Waals surface area contributed by atoms with E-state index in [2.05, 4.69) is 0 Å². The normalized spacial score (nSPS) is 10.1. The molecule has 0 spiro atoms. The average Bonchev–Trinajstić information content (AvgIpc) is 2.49. The lowest BCUT2D eigenvalue weighted by molar-refractivity contribution is -0.125. The molecule has 0 heterocycles. The molecule has 2 N–H and O–H groups in total. The van der Waals surface area contributed by atoms with Crippen molar-refractivity contribution < 1.29 is 9.59 Å². The summed E-state index contributed by atoms with van der Waals surface area (Å²) < 4.78 is 0. The molecule has 20 heavy (non-hydrogen) atoms. The Kier molecular flexibility index (Phi) is 4.63. The Bertz CT molecular complexity index is 542. The van der Waals surface area contributed by atoms with Gasteiger partial charge in [-0.1, -0.05) is 36.4 Å². The van der Waals surface area contributed by atoms with Crippen molar-refractivity contribution in [2.45, 2.75) is 6.42 Å². The second-order valence-electron chi connectivity index (χ2n) is 4.32. The van der Waals surface area contributed by atoms with E-state index in [4.69, 9.17) is 5.73 Å². The lowest BCUT2D eigenvalue weighted by Gasteiger charge is -2.22. The minimum absolute atomic E-state index is 0.122. The third-order valence-corrected chi connectivity index (χ3v) is 2.85. The minimum Gasteiger partial charge on any atom is -0.324 e. The highest BCUT2D eigenvalue weighted by molar-refractivity contribution is 6.09. The zero-order chi connectivity index (χ0) is 14.4. The zero-order valence-electron chi connectivity index (χ0n) is 11.0. The molecule has 0 aliphatic heterocycles. The van der Waals surface area contributed by atoms with Crippen LogP contribution < -0.4 is 10.6 Å². The van der Waals surface area contributed by atoms with E-state index < -0.39 is 0 Å². The topological polar surface area (TPSA) is 63.4 Å². The lowest BCUT2D eigenvalue weighted by atomic mass is 10.2. The summed E-state index contributed by atoms with van der Waals surface area (Å²) in [5.41, 5.74) is 6.74. The fourth-order valence-electron chi connectivity index (χ4n) is 1.91. The summed E-state index contributed by atoms with van der Waals surface area (Å²) in [6, 6.07) is 18.5. The molecule has 0 unspecified atom stereocenters. The molecule has 0 aliphatic carbocycles. The largest absolute Gasteiger partial charge is 0.324 e. The van der Waals surface area contributed by atoms with Gasteiger partial charge in [-0.2, -0.15) is 0 Å². The molecule has 0 bridgehead atoms. The molecule has 0 atom stereocenters.